The van der Waals surface area contributed by atoms with Gasteiger partial charge in [0.15, 0.2) is 0 Å². The predicted molar refractivity (Wildman–Crippen MR) is 163 cm³/mol. The van der Waals surface area contributed by atoms with Gasteiger partial charge in [0.25, 0.3) is 0 Å². The molecule has 0 saturated carbocycles. The van der Waals surface area contributed by atoms with Crippen LogP contribution < -0.4 is 20.3 Å². The minimum atomic E-state index is -5.08. The van der Waals surface area contributed by atoms with Crippen LogP contribution in [0.25, 0.3) is 0 Å². The molecule has 2 aromatic heterocycles. The number of alkyl halides is 6. The highest BCUT2D eigenvalue weighted by Gasteiger charge is 2.39. The number of nitrogens with zero attached hydrogens (tertiary/aromatic N) is 4. The average molecular weight is 701 g/mol. The fourth-order valence-electron chi connectivity index (χ4n) is 5.24. The molecule has 2 atom stereocenters. The normalized spacial score (nSPS) is 16.2. The lowest BCUT2D eigenvalue weighted by atomic mass is 9.93. The molecule has 0 bridgehead atoms. The van der Waals surface area contributed by atoms with Gasteiger partial charge in [-0.3, -0.25) is 9.69 Å². The SMILES string of the molecule is CCOC(=O)N1c2ccc(OC)nc2C(Nc2ncc(NC(=O)COCCO)c(Cc3cc(C(F)(F)F)cc(C(F)(F)F)c3)n2)CC1CC. The van der Waals surface area contributed by atoms with Crippen LogP contribution in [0, 0.1) is 0 Å². The number of anilines is 3. The molecule has 18 heteroatoms. The summed E-state index contributed by atoms with van der Waals surface area (Å²) >= 11 is 0. The van der Waals surface area contributed by atoms with Gasteiger partial charge < -0.3 is 30.0 Å². The van der Waals surface area contributed by atoms with Crippen molar-refractivity contribution in [3.8, 4) is 5.88 Å². The molecular weight excluding hydrogens is 666 g/mol. The minimum Gasteiger partial charge on any atom is -0.481 e. The second kappa shape index (κ2) is 15.7. The Morgan fingerprint density at radius 1 is 1.04 bits per heavy atom. The van der Waals surface area contributed by atoms with Crippen LogP contribution >= 0.6 is 0 Å². The first kappa shape index (κ1) is 37.1. The number of aliphatic hydroxyl groups excluding tert-OH is 1. The smallest absolute Gasteiger partial charge is 0.416 e. The quantitative estimate of drug-likeness (QED) is 0.158. The predicted octanol–water partition coefficient (Wildman–Crippen LogP) is 5.75. The van der Waals surface area contributed by atoms with Crippen LogP contribution in [0.5, 0.6) is 5.88 Å². The second-order valence-corrected chi connectivity index (χ2v) is 10.8. The van der Waals surface area contributed by atoms with Crippen LogP contribution in [0.1, 0.15) is 60.8 Å². The Kier molecular flexibility index (Phi) is 11.9. The fourth-order valence-corrected chi connectivity index (χ4v) is 5.24. The highest BCUT2D eigenvalue weighted by Crippen LogP contribution is 2.41. The van der Waals surface area contributed by atoms with Gasteiger partial charge >= 0.3 is 18.4 Å². The van der Waals surface area contributed by atoms with Crippen molar-refractivity contribution in [1.82, 2.24) is 15.0 Å². The fraction of sp³-hybridized carbons (Fsp3) is 0.452. The van der Waals surface area contributed by atoms with Crippen LogP contribution in [0.3, 0.4) is 0 Å². The summed E-state index contributed by atoms with van der Waals surface area (Å²) < 4.78 is 97.3. The van der Waals surface area contributed by atoms with Crippen molar-refractivity contribution < 1.29 is 55.2 Å². The van der Waals surface area contributed by atoms with Gasteiger partial charge in [-0.25, -0.2) is 19.7 Å². The molecule has 1 aliphatic heterocycles. The Morgan fingerprint density at radius 3 is 2.33 bits per heavy atom. The maximum absolute atomic E-state index is 13.6. The molecular formula is C31H34F6N6O6. The van der Waals surface area contributed by atoms with Crippen molar-refractivity contribution in [3.05, 3.63) is 64.6 Å². The van der Waals surface area contributed by atoms with E-state index in [1.165, 1.54) is 12.0 Å². The van der Waals surface area contributed by atoms with Gasteiger partial charge in [0, 0.05) is 18.5 Å². The number of halogens is 6. The third-order valence-corrected chi connectivity index (χ3v) is 7.42. The van der Waals surface area contributed by atoms with Gasteiger partial charge in [0.05, 0.1) is 73.1 Å². The maximum atomic E-state index is 13.6. The van der Waals surface area contributed by atoms with E-state index in [9.17, 15) is 35.9 Å². The Balaban J connectivity index is 1.76. The number of carbonyl (C=O) groups is 2. The number of methoxy groups -OCH3 is 1. The lowest BCUT2D eigenvalue weighted by Crippen LogP contribution is -2.46. The Hall–Kier alpha value is -4.71. The molecule has 3 heterocycles. The average Bonchev–Trinajstić information content (AvgIpc) is 3.04. The Bertz CT molecular complexity index is 1610. The monoisotopic (exact) mass is 700 g/mol. The second-order valence-electron chi connectivity index (χ2n) is 10.8. The zero-order valence-electron chi connectivity index (χ0n) is 26.6. The molecule has 0 spiro atoms. The Morgan fingerprint density at radius 2 is 1.73 bits per heavy atom. The van der Waals surface area contributed by atoms with E-state index in [4.69, 9.17) is 19.3 Å². The zero-order chi connectivity index (χ0) is 35.9. The molecule has 0 aliphatic carbocycles. The molecule has 3 aromatic rings. The van der Waals surface area contributed by atoms with E-state index in [0.717, 1.165) is 6.20 Å². The summed E-state index contributed by atoms with van der Waals surface area (Å²) in [6.07, 6.45) is -9.37. The molecule has 4 rings (SSSR count). The standard InChI is InChI=1S/C31H34F6N6O6/c1-4-20-14-22(27-24(6-7-26(42-27)47-3)43(20)29(46)49-5-2)41-28-38-15-23(39-25(45)16-48-9-8-44)21(40-28)12-17-10-18(30(32,33)34)13-19(11-17)31(35,36)37/h6-7,10-11,13,15,20,22,44H,4-5,8-9,12,14,16H2,1-3H3,(H,39,45)(H,38,40,41). The van der Waals surface area contributed by atoms with Crippen molar-refractivity contribution in [2.75, 3.05) is 49.1 Å². The summed E-state index contributed by atoms with van der Waals surface area (Å²) in [5, 5.41) is 14.5. The van der Waals surface area contributed by atoms with Crippen LogP contribution in [0.2, 0.25) is 0 Å². The first-order valence-electron chi connectivity index (χ1n) is 15.1. The third kappa shape index (κ3) is 9.26. The molecule has 0 fully saturated rings. The first-order chi connectivity index (χ1) is 23.2. The van der Waals surface area contributed by atoms with Crippen LogP contribution in [0.15, 0.2) is 36.5 Å². The van der Waals surface area contributed by atoms with E-state index in [1.807, 2.05) is 6.92 Å². The van der Waals surface area contributed by atoms with Crippen molar-refractivity contribution in [2.45, 2.75) is 57.5 Å². The Labute approximate surface area is 276 Å². The van der Waals surface area contributed by atoms with Crippen molar-refractivity contribution in [1.29, 1.82) is 0 Å². The summed E-state index contributed by atoms with van der Waals surface area (Å²) in [7, 11) is 1.41. The molecule has 2 amide bonds. The zero-order valence-corrected chi connectivity index (χ0v) is 26.6. The number of aromatic nitrogens is 3. The van der Waals surface area contributed by atoms with Gasteiger partial charge in [-0.15, -0.1) is 0 Å². The molecule has 266 valence electrons. The maximum Gasteiger partial charge on any atom is 0.416 e. The topological polar surface area (TPSA) is 148 Å². The van der Waals surface area contributed by atoms with Crippen LogP contribution in [-0.2, 0) is 33.0 Å². The van der Waals surface area contributed by atoms with Gasteiger partial charge in [-0.2, -0.15) is 26.3 Å². The number of benzene rings is 1. The molecule has 2 unspecified atom stereocenters. The van der Waals surface area contributed by atoms with Crippen molar-refractivity contribution in [3.63, 3.8) is 0 Å². The van der Waals surface area contributed by atoms with Crippen LogP contribution in [-0.4, -0.2) is 71.6 Å². The number of rotatable bonds is 12. The van der Waals surface area contributed by atoms with Gasteiger partial charge in [0.1, 0.15) is 6.61 Å². The molecule has 49 heavy (non-hydrogen) atoms. The molecule has 0 saturated heterocycles. The van der Waals surface area contributed by atoms with Crippen molar-refractivity contribution in [2.24, 2.45) is 0 Å². The molecule has 1 aliphatic rings. The van der Waals surface area contributed by atoms with Gasteiger partial charge in [0.2, 0.25) is 17.7 Å². The van der Waals surface area contributed by atoms with Crippen LogP contribution in [0.4, 0.5) is 48.5 Å². The number of nitrogens with one attached hydrogen (secondary N) is 2. The number of hydrogen-bond donors (Lipinski definition) is 3. The van der Waals surface area contributed by atoms with E-state index in [1.54, 1.807) is 19.1 Å². The highest BCUT2D eigenvalue weighted by atomic mass is 19.4. The summed E-state index contributed by atoms with van der Waals surface area (Å²) in [5.74, 6) is -0.591. The van der Waals surface area contributed by atoms with E-state index < -0.39 is 54.5 Å². The number of hydrogen-bond acceptors (Lipinski definition) is 10. The summed E-state index contributed by atoms with van der Waals surface area (Å²) in [5.41, 5.74) is -2.83. The minimum absolute atomic E-state index is 0.0170. The van der Waals surface area contributed by atoms with Crippen molar-refractivity contribution >= 4 is 29.3 Å². The number of amides is 2. The number of carbonyl (C=O) groups excluding carboxylic acids is 2. The number of fused-ring (bicyclic) bond motifs is 1. The van der Waals surface area contributed by atoms with E-state index in [0.29, 0.717) is 29.9 Å². The van der Waals surface area contributed by atoms with E-state index in [-0.39, 0.29) is 67.1 Å². The highest BCUT2D eigenvalue weighted by molar-refractivity contribution is 5.92. The van der Waals surface area contributed by atoms with E-state index in [2.05, 4.69) is 25.6 Å². The number of ether oxygens (including phenoxy) is 3. The molecule has 3 N–H and O–H groups in total. The lowest BCUT2D eigenvalue weighted by Gasteiger charge is -2.39. The lowest BCUT2D eigenvalue weighted by molar-refractivity contribution is -0.143. The number of aliphatic hydroxyl groups is 1. The summed E-state index contributed by atoms with van der Waals surface area (Å²) in [6.45, 7) is 2.65. The first-order valence-corrected chi connectivity index (χ1v) is 15.1. The third-order valence-electron chi connectivity index (χ3n) is 7.42. The summed E-state index contributed by atoms with van der Waals surface area (Å²) in [4.78, 5) is 40.1. The van der Waals surface area contributed by atoms with E-state index >= 15 is 0 Å². The largest absolute Gasteiger partial charge is 0.481 e. The molecule has 1 aromatic carbocycles. The van der Waals surface area contributed by atoms with Gasteiger partial charge in [-0.05, 0) is 49.6 Å². The molecule has 0 radical (unpaired) electrons. The molecule has 12 nitrogen and oxygen atoms in total. The summed E-state index contributed by atoms with van der Waals surface area (Å²) in [6, 6.07) is 3.36. The number of pyridine rings is 1. The van der Waals surface area contributed by atoms with Gasteiger partial charge in [-0.1, -0.05) is 6.92 Å².